The van der Waals surface area contributed by atoms with E-state index in [0.717, 1.165) is 25.0 Å². The van der Waals surface area contributed by atoms with E-state index in [1.54, 1.807) is 0 Å². The van der Waals surface area contributed by atoms with Crippen molar-refractivity contribution in [3.63, 3.8) is 0 Å². The quantitative estimate of drug-likeness (QED) is 0.824. The molecule has 1 aliphatic carbocycles. The Morgan fingerprint density at radius 2 is 2.11 bits per heavy atom. The first-order valence-corrected chi connectivity index (χ1v) is 6.06. The maximum Gasteiger partial charge on any atom is 0.337 e. The third kappa shape index (κ3) is 3.19. The number of carbonyl (C=O) groups is 2. The molecule has 1 aliphatic rings. The molecule has 1 aromatic carbocycles. The van der Waals surface area contributed by atoms with Gasteiger partial charge in [-0.3, -0.25) is 4.79 Å². The van der Waals surface area contributed by atoms with Crippen LogP contribution in [0.15, 0.2) is 30.4 Å². The Labute approximate surface area is 109 Å². The van der Waals surface area contributed by atoms with Crippen molar-refractivity contribution in [2.24, 2.45) is 5.92 Å². The van der Waals surface area contributed by atoms with Crippen molar-refractivity contribution in [2.75, 3.05) is 5.32 Å². The summed E-state index contributed by atoms with van der Waals surface area (Å²) in [6.45, 7) is 0. The van der Waals surface area contributed by atoms with Gasteiger partial charge >= 0.3 is 5.97 Å². The van der Waals surface area contributed by atoms with E-state index >= 15 is 0 Å². The molecule has 0 saturated heterocycles. The summed E-state index contributed by atoms with van der Waals surface area (Å²) in [6.07, 6.45) is 6.19. The molecule has 0 spiro atoms. The summed E-state index contributed by atoms with van der Waals surface area (Å²) in [5.41, 5.74) is -0.104. The molecule has 2 rings (SSSR count). The number of aromatic carboxylic acids is 1. The molecule has 1 aromatic rings. The monoisotopic (exact) mass is 263 g/mol. The fourth-order valence-corrected chi connectivity index (χ4v) is 2.07. The zero-order chi connectivity index (χ0) is 13.8. The second kappa shape index (κ2) is 5.65. The van der Waals surface area contributed by atoms with Gasteiger partial charge in [-0.2, -0.15) is 0 Å². The summed E-state index contributed by atoms with van der Waals surface area (Å²) in [7, 11) is 0. The van der Waals surface area contributed by atoms with Crippen molar-refractivity contribution in [2.45, 2.75) is 19.3 Å². The van der Waals surface area contributed by atoms with Crippen LogP contribution < -0.4 is 5.32 Å². The van der Waals surface area contributed by atoms with Crippen LogP contribution in [0.5, 0.6) is 0 Å². The minimum Gasteiger partial charge on any atom is -0.478 e. The van der Waals surface area contributed by atoms with Gasteiger partial charge in [0.1, 0.15) is 5.82 Å². The first-order chi connectivity index (χ1) is 9.08. The van der Waals surface area contributed by atoms with Crippen molar-refractivity contribution in [1.29, 1.82) is 0 Å². The number of hydrogen-bond acceptors (Lipinski definition) is 2. The Hall–Kier alpha value is -2.17. The molecule has 0 aromatic heterocycles. The van der Waals surface area contributed by atoms with Crippen LogP contribution in [0.4, 0.5) is 10.1 Å². The van der Waals surface area contributed by atoms with Crippen molar-refractivity contribution >= 4 is 17.6 Å². The SMILES string of the molecule is O=C(O)c1cc(F)ccc1NC(=O)C1CC=CCC1. The van der Waals surface area contributed by atoms with Crippen molar-refractivity contribution in [3.8, 4) is 0 Å². The molecule has 4 nitrogen and oxygen atoms in total. The predicted octanol–water partition coefficient (Wildman–Crippen LogP) is 2.82. The number of carboxylic acid groups (broad SMARTS) is 1. The number of amides is 1. The van der Waals surface area contributed by atoms with E-state index in [-0.39, 0.29) is 23.1 Å². The Kier molecular flexibility index (Phi) is 3.94. The van der Waals surface area contributed by atoms with E-state index in [9.17, 15) is 14.0 Å². The minimum absolute atomic E-state index is 0.133. The molecule has 0 aliphatic heterocycles. The van der Waals surface area contributed by atoms with Crippen LogP contribution in [-0.4, -0.2) is 17.0 Å². The highest BCUT2D eigenvalue weighted by atomic mass is 19.1. The molecule has 1 unspecified atom stereocenters. The Balaban J connectivity index is 2.16. The van der Waals surface area contributed by atoms with Gasteiger partial charge in [0, 0.05) is 5.92 Å². The molecule has 0 bridgehead atoms. The summed E-state index contributed by atoms with van der Waals surface area (Å²) in [6, 6.07) is 3.30. The minimum atomic E-state index is -1.27. The number of allylic oxidation sites excluding steroid dienone is 2. The van der Waals surface area contributed by atoms with Gasteiger partial charge < -0.3 is 10.4 Å². The largest absolute Gasteiger partial charge is 0.478 e. The lowest BCUT2D eigenvalue weighted by molar-refractivity contribution is -0.120. The topological polar surface area (TPSA) is 66.4 Å². The zero-order valence-electron chi connectivity index (χ0n) is 10.2. The maximum atomic E-state index is 13.0. The number of carbonyl (C=O) groups excluding carboxylic acids is 1. The molecule has 100 valence electrons. The Bertz CT molecular complexity index is 539. The van der Waals surface area contributed by atoms with Gasteiger partial charge in [0.15, 0.2) is 0 Å². The molecule has 2 N–H and O–H groups in total. The van der Waals surface area contributed by atoms with Gasteiger partial charge in [-0.1, -0.05) is 12.2 Å². The van der Waals surface area contributed by atoms with Crippen LogP contribution in [-0.2, 0) is 4.79 Å². The summed E-state index contributed by atoms with van der Waals surface area (Å²) >= 11 is 0. The molecule has 1 atom stereocenters. The van der Waals surface area contributed by atoms with E-state index in [1.807, 2.05) is 12.2 Å². The summed E-state index contributed by atoms with van der Waals surface area (Å²) < 4.78 is 13.0. The number of carboxylic acids is 1. The van der Waals surface area contributed by atoms with E-state index in [2.05, 4.69) is 5.32 Å². The Morgan fingerprint density at radius 1 is 1.32 bits per heavy atom. The molecule has 5 heteroatoms. The molecular formula is C14H14FNO3. The van der Waals surface area contributed by atoms with Crippen LogP contribution in [0.25, 0.3) is 0 Å². The average molecular weight is 263 g/mol. The second-order valence-electron chi connectivity index (χ2n) is 4.47. The molecule has 0 fully saturated rings. The smallest absolute Gasteiger partial charge is 0.337 e. The second-order valence-corrected chi connectivity index (χ2v) is 4.47. The van der Waals surface area contributed by atoms with Gasteiger partial charge in [0.05, 0.1) is 11.3 Å². The van der Waals surface area contributed by atoms with Crippen LogP contribution >= 0.6 is 0 Å². The highest BCUT2D eigenvalue weighted by Gasteiger charge is 2.21. The van der Waals surface area contributed by atoms with Crippen LogP contribution in [0.1, 0.15) is 29.6 Å². The first-order valence-electron chi connectivity index (χ1n) is 6.06. The number of halogens is 1. The predicted molar refractivity (Wildman–Crippen MR) is 68.5 cm³/mol. The van der Waals surface area contributed by atoms with E-state index in [4.69, 9.17) is 5.11 Å². The van der Waals surface area contributed by atoms with Crippen LogP contribution in [0.2, 0.25) is 0 Å². The molecule has 0 heterocycles. The lowest BCUT2D eigenvalue weighted by Gasteiger charge is -2.18. The summed E-state index contributed by atoms with van der Waals surface area (Å²) in [5.74, 6) is -2.29. The fourth-order valence-electron chi connectivity index (χ4n) is 2.07. The third-order valence-corrected chi connectivity index (χ3v) is 3.11. The molecular weight excluding hydrogens is 249 g/mol. The van der Waals surface area contributed by atoms with Crippen LogP contribution in [0, 0.1) is 11.7 Å². The van der Waals surface area contributed by atoms with Gasteiger partial charge in [-0.05, 0) is 37.5 Å². The highest BCUT2D eigenvalue weighted by molar-refractivity contribution is 6.01. The molecule has 19 heavy (non-hydrogen) atoms. The zero-order valence-corrected chi connectivity index (χ0v) is 10.2. The van der Waals surface area contributed by atoms with Crippen molar-refractivity contribution < 1.29 is 19.1 Å². The highest BCUT2D eigenvalue weighted by Crippen LogP contribution is 2.22. The van der Waals surface area contributed by atoms with Crippen LogP contribution in [0.3, 0.4) is 0 Å². The van der Waals surface area contributed by atoms with Crippen molar-refractivity contribution in [1.82, 2.24) is 0 Å². The van der Waals surface area contributed by atoms with Gasteiger partial charge in [0.25, 0.3) is 0 Å². The van der Waals surface area contributed by atoms with Gasteiger partial charge in [-0.25, -0.2) is 9.18 Å². The number of hydrogen-bond donors (Lipinski definition) is 2. The lowest BCUT2D eigenvalue weighted by atomic mass is 9.93. The average Bonchev–Trinajstić information content (AvgIpc) is 2.41. The molecule has 0 radical (unpaired) electrons. The lowest BCUT2D eigenvalue weighted by Crippen LogP contribution is -2.24. The summed E-state index contributed by atoms with van der Waals surface area (Å²) in [4.78, 5) is 23.0. The third-order valence-electron chi connectivity index (χ3n) is 3.11. The maximum absolute atomic E-state index is 13.0. The van der Waals surface area contributed by atoms with Gasteiger partial charge in [-0.15, -0.1) is 0 Å². The Morgan fingerprint density at radius 3 is 2.74 bits per heavy atom. The van der Waals surface area contributed by atoms with E-state index in [0.29, 0.717) is 6.42 Å². The number of anilines is 1. The molecule has 0 saturated carbocycles. The fraction of sp³-hybridized carbons (Fsp3) is 0.286. The number of nitrogens with one attached hydrogen (secondary N) is 1. The summed E-state index contributed by atoms with van der Waals surface area (Å²) in [5, 5.41) is 11.6. The number of rotatable bonds is 3. The van der Waals surface area contributed by atoms with E-state index in [1.165, 1.54) is 6.07 Å². The van der Waals surface area contributed by atoms with Gasteiger partial charge in [0.2, 0.25) is 5.91 Å². The standard InChI is InChI=1S/C14H14FNO3/c15-10-6-7-12(11(8-10)14(18)19)16-13(17)9-4-2-1-3-5-9/h1-2,6-9H,3-5H2,(H,16,17)(H,18,19). The number of benzene rings is 1. The molecule has 1 amide bonds. The normalized spacial score (nSPS) is 18.1. The first kappa shape index (κ1) is 13.3. The van der Waals surface area contributed by atoms with E-state index < -0.39 is 11.8 Å². The van der Waals surface area contributed by atoms with Crippen molar-refractivity contribution in [3.05, 3.63) is 41.7 Å².